The minimum absolute atomic E-state index is 0.0517. The number of carboxylic acid groups (broad SMARTS) is 1. The Morgan fingerprint density at radius 1 is 1.47 bits per heavy atom. The average Bonchev–Trinajstić information content (AvgIpc) is 2.80. The van der Waals surface area contributed by atoms with Crippen molar-refractivity contribution in [2.24, 2.45) is 11.8 Å². The normalized spacial score (nSPS) is 22.3. The summed E-state index contributed by atoms with van der Waals surface area (Å²) >= 11 is 0. The van der Waals surface area contributed by atoms with E-state index in [0.717, 1.165) is 0 Å². The molecule has 2 rings (SSSR count). The third-order valence-electron chi connectivity index (χ3n) is 3.41. The fourth-order valence-corrected chi connectivity index (χ4v) is 2.34. The number of nitrogens with zero attached hydrogens (tertiary/aromatic N) is 2. The number of likely N-dealkylation sites (tertiary alicyclic amines) is 1. The largest absolute Gasteiger partial charge is 0.481 e. The monoisotopic (exact) mass is 264 g/mol. The van der Waals surface area contributed by atoms with Gasteiger partial charge in [0, 0.05) is 19.3 Å². The van der Waals surface area contributed by atoms with Crippen molar-refractivity contribution < 1.29 is 19.4 Å². The molecule has 2 heterocycles. The number of rotatable bonds is 3. The molecule has 1 aliphatic heterocycles. The molecule has 1 amide bonds. The zero-order chi connectivity index (χ0) is 14.0. The molecule has 2 atom stereocenters. The molecule has 0 aliphatic carbocycles. The molecule has 1 fully saturated rings. The molecule has 6 heteroatoms. The summed E-state index contributed by atoms with van der Waals surface area (Å²) in [6, 6.07) is 3.29. The van der Waals surface area contributed by atoms with Gasteiger partial charge in [0.1, 0.15) is 5.56 Å². The first-order chi connectivity index (χ1) is 9.04. The maximum absolute atomic E-state index is 12.4. The minimum atomic E-state index is -0.860. The van der Waals surface area contributed by atoms with Crippen LogP contribution in [-0.4, -0.2) is 47.1 Å². The van der Waals surface area contributed by atoms with Gasteiger partial charge in [-0.3, -0.25) is 9.59 Å². The molecule has 1 aliphatic rings. The summed E-state index contributed by atoms with van der Waals surface area (Å²) in [7, 11) is 1.45. The quantitative estimate of drug-likeness (QED) is 0.876. The Morgan fingerprint density at radius 2 is 2.21 bits per heavy atom. The highest BCUT2D eigenvalue weighted by molar-refractivity contribution is 5.96. The summed E-state index contributed by atoms with van der Waals surface area (Å²) in [5.74, 6) is -1.39. The van der Waals surface area contributed by atoms with Crippen molar-refractivity contribution in [1.29, 1.82) is 0 Å². The third kappa shape index (κ3) is 2.52. The summed E-state index contributed by atoms with van der Waals surface area (Å²) in [6.45, 7) is 2.51. The number of hydrogen-bond acceptors (Lipinski definition) is 4. The van der Waals surface area contributed by atoms with Crippen molar-refractivity contribution in [3.8, 4) is 5.88 Å². The van der Waals surface area contributed by atoms with Gasteiger partial charge < -0.3 is 14.7 Å². The van der Waals surface area contributed by atoms with Crippen LogP contribution in [0.25, 0.3) is 0 Å². The van der Waals surface area contributed by atoms with Gasteiger partial charge in [-0.15, -0.1) is 0 Å². The number of hydrogen-bond donors (Lipinski definition) is 1. The second kappa shape index (κ2) is 5.26. The Bertz CT molecular complexity index is 503. The molecule has 102 valence electrons. The lowest BCUT2D eigenvalue weighted by molar-refractivity contribution is -0.142. The molecule has 1 saturated heterocycles. The fraction of sp³-hybridized carbons (Fsp3) is 0.462. The van der Waals surface area contributed by atoms with Gasteiger partial charge in [0.25, 0.3) is 5.91 Å². The molecule has 19 heavy (non-hydrogen) atoms. The molecular formula is C13H16N2O4. The van der Waals surface area contributed by atoms with Crippen LogP contribution in [-0.2, 0) is 4.79 Å². The number of aliphatic carboxylic acids is 1. The molecule has 1 aromatic rings. The van der Waals surface area contributed by atoms with Crippen molar-refractivity contribution in [2.75, 3.05) is 20.2 Å². The number of methoxy groups -OCH3 is 1. The number of carbonyl (C=O) groups is 2. The summed E-state index contributed by atoms with van der Waals surface area (Å²) in [4.78, 5) is 28.9. The highest BCUT2D eigenvalue weighted by Gasteiger charge is 2.37. The predicted molar refractivity (Wildman–Crippen MR) is 67.0 cm³/mol. The van der Waals surface area contributed by atoms with Gasteiger partial charge in [0.05, 0.1) is 13.0 Å². The van der Waals surface area contributed by atoms with E-state index < -0.39 is 11.9 Å². The standard InChI is InChI=1S/C13H16N2O4/c1-8-6-15(7-10(8)13(17)18)12(16)9-4-3-5-14-11(9)19-2/h3-5,8,10H,6-7H2,1-2H3,(H,17,18)/t8-,10-/m1/s1. The zero-order valence-corrected chi connectivity index (χ0v) is 10.9. The van der Waals surface area contributed by atoms with Crippen LogP contribution in [0.5, 0.6) is 5.88 Å². The van der Waals surface area contributed by atoms with Crippen LogP contribution in [0.1, 0.15) is 17.3 Å². The van der Waals surface area contributed by atoms with E-state index in [4.69, 9.17) is 9.84 Å². The van der Waals surface area contributed by atoms with Crippen LogP contribution in [0.2, 0.25) is 0 Å². The molecular weight excluding hydrogens is 248 g/mol. The van der Waals surface area contributed by atoms with E-state index in [1.165, 1.54) is 7.11 Å². The minimum Gasteiger partial charge on any atom is -0.481 e. The van der Waals surface area contributed by atoms with Crippen molar-refractivity contribution in [2.45, 2.75) is 6.92 Å². The van der Waals surface area contributed by atoms with Crippen molar-refractivity contribution >= 4 is 11.9 Å². The summed E-state index contributed by atoms with van der Waals surface area (Å²) < 4.78 is 5.05. The highest BCUT2D eigenvalue weighted by Crippen LogP contribution is 2.26. The second-order valence-electron chi connectivity index (χ2n) is 4.69. The van der Waals surface area contributed by atoms with E-state index in [1.807, 2.05) is 6.92 Å². The van der Waals surface area contributed by atoms with Gasteiger partial charge in [-0.2, -0.15) is 0 Å². The Kier molecular flexibility index (Phi) is 3.69. The van der Waals surface area contributed by atoms with Crippen LogP contribution in [0.15, 0.2) is 18.3 Å². The molecule has 0 aromatic carbocycles. The Balaban J connectivity index is 2.19. The van der Waals surface area contributed by atoms with E-state index in [0.29, 0.717) is 12.1 Å². The first-order valence-corrected chi connectivity index (χ1v) is 6.05. The van der Waals surface area contributed by atoms with Gasteiger partial charge in [-0.1, -0.05) is 6.92 Å². The van der Waals surface area contributed by atoms with Crippen LogP contribution in [0.3, 0.4) is 0 Å². The molecule has 1 N–H and O–H groups in total. The van der Waals surface area contributed by atoms with Gasteiger partial charge in [-0.05, 0) is 18.1 Å². The Hall–Kier alpha value is -2.11. The molecule has 1 aromatic heterocycles. The lowest BCUT2D eigenvalue weighted by Crippen LogP contribution is -2.30. The highest BCUT2D eigenvalue weighted by atomic mass is 16.5. The maximum atomic E-state index is 12.4. The molecule has 0 saturated carbocycles. The Labute approximate surface area is 111 Å². The fourth-order valence-electron chi connectivity index (χ4n) is 2.34. The second-order valence-corrected chi connectivity index (χ2v) is 4.69. The zero-order valence-electron chi connectivity index (χ0n) is 10.9. The Morgan fingerprint density at radius 3 is 2.79 bits per heavy atom. The lowest BCUT2D eigenvalue weighted by atomic mass is 9.99. The van der Waals surface area contributed by atoms with Gasteiger partial charge in [0.15, 0.2) is 0 Å². The third-order valence-corrected chi connectivity index (χ3v) is 3.41. The first kappa shape index (κ1) is 13.3. The maximum Gasteiger partial charge on any atom is 0.308 e. The van der Waals surface area contributed by atoms with E-state index in [1.54, 1.807) is 23.2 Å². The van der Waals surface area contributed by atoms with E-state index in [-0.39, 0.29) is 24.2 Å². The molecule has 0 unspecified atom stereocenters. The van der Waals surface area contributed by atoms with Crippen LogP contribution in [0.4, 0.5) is 0 Å². The molecule has 0 spiro atoms. The summed E-state index contributed by atoms with van der Waals surface area (Å²) in [5.41, 5.74) is 0.364. The van der Waals surface area contributed by atoms with Crippen molar-refractivity contribution in [3.05, 3.63) is 23.9 Å². The van der Waals surface area contributed by atoms with Gasteiger partial charge in [0.2, 0.25) is 5.88 Å². The van der Waals surface area contributed by atoms with E-state index in [2.05, 4.69) is 4.98 Å². The number of carbonyl (C=O) groups excluding carboxylic acids is 1. The van der Waals surface area contributed by atoms with Crippen molar-refractivity contribution in [1.82, 2.24) is 9.88 Å². The molecule has 0 radical (unpaired) electrons. The predicted octanol–water partition coefficient (Wildman–Crippen LogP) is 0.883. The average molecular weight is 264 g/mol. The lowest BCUT2D eigenvalue weighted by Gasteiger charge is -2.16. The SMILES string of the molecule is COc1ncccc1C(=O)N1C[C@@H](C)[C@H](C(=O)O)C1. The van der Waals surface area contributed by atoms with Crippen LogP contribution in [0, 0.1) is 11.8 Å². The number of ether oxygens (including phenoxy) is 1. The number of pyridine rings is 1. The number of amides is 1. The number of aromatic nitrogens is 1. The first-order valence-electron chi connectivity index (χ1n) is 6.05. The molecule has 0 bridgehead atoms. The van der Waals surface area contributed by atoms with Crippen LogP contribution < -0.4 is 4.74 Å². The van der Waals surface area contributed by atoms with E-state index in [9.17, 15) is 9.59 Å². The summed E-state index contributed by atoms with van der Waals surface area (Å²) in [6.07, 6.45) is 1.54. The van der Waals surface area contributed by atoms with Crippen molar-refractivity contribution in [3.63, 3.8) is 0 Å². The topological polar surface area (TPSA) is 79.7 Å². The van der Waals surface area contributed by atoms with Gasteiger partial charge >= 0.3 is 5.97 Å². The summed E-state index contributed by atoms with van der Waals surface area (Å²) in [5, 5.41) is 9.08. The van der Waals surface area contributed by atoms with Crippen LogP contribution >= 0.6 is 0 Å². The molecule has 6 nitrogen and oxygen atoms in total. The van der Waals surface area contributed by atoms with E-state index >= 15 is 0 Å². The smallest absolute Gasteiger partial charge is 0.308 e. The van der Waals surface area contributed by atoms with Gasteiger partial charge in [-0.25, -0.2) is 4.98 Å². The number of carboxylic acids is 1.